The molecule has 0 aliphatic rings. The lowest BCUT2D eigenvalue weighted by Crippen LogP contribution is -2.18. The zero-order chi connectivity index (χ0) is 14.5. The van der Waals surface area contributed by atoms with Crippen LogP contribution in [0.25, 0.3) is 0 Å². The van der Waals surface area contributed by atoms with Crippen molar-refractivity contribution >= 4 is 23.2 Å². The van der Waals surface area contributed by atoms with Crippen molar-refractivity contribution in [2.45, 2.75) is 19.5 Å². The van der Waals surface area contributed by atoms with Crippen LogP contribution in [0.3, 0.4) is 0 Å². The van der Waals surface area contributed by atoms with Crippen molar-refractivity contribution in [1.82, 2.24) is 5.32 Å². The molecule has 0 aliphatic heterocycles. The minimum Gasteiger partial charge on any atom is -0.497 e. The molecule has 0 heterocycles. The minimum absolute atomic E-state index is 0.235. The highest BCUT2D eigenvalue weighted by Crippen LogP contribution is 2.21. The predicted molar refractivity (Wildman–Crippen MR) is 84.7 cm³/mol. The van der Waals surface area contributed by atoms with Crippen LogP contribution < -0.4 is 10.1 Å². The summed E-state index contributed by atoms with van der Waals surface area (Å²) >= 11 is 12.0. The van der Waals surface area contributed by atoms with E-state index < -0.39 is 0 Å². The van der Waals surface area contributed by atoms with E-state index in [9.17, 15) is 0 Å². The van der Waals surface area contributed by atoms with E-state index in [1.54, 1.807) is 13.2 Å². The van der Waals surface area contributed by atoms with Gasteiger partial charge in [0, 0.05) is 22.6 Å². The first-order valence-electron chi connectivity index (χ1n) is 6.41. The second kappa shape index (κ2) is 6.98. The van der Waals surface area contributed by atoms with Crippen molar-refractivity contribution in [1.29, 1.82) is 0 Å². The number of benzene rings is 2. The van der Waals surface area contributed by atoms with E-state index in [0.29, 0.717) is 16.6 Å². The second-order valence-electron chi connectivity index (χ2n) is 4.65. The fourth-order valence-electron chi connectivity index (χ4n) is 1.99. The summed E-state index contributed by atoms with van der Waals surface area (Å²) in [7, 11) is 1.67. The molecule has 0 bridgehead atoms. The van der Waals surface area contributed by atoms with E-state index in [4.69, 9.17) is 27.9 Å². The number of hydrogen-bond acceptors (Lipinski definition) is 2. The highest BCUT2D eigenvalue weighted by atomic mass is 35.5. The van der Waals surface area contributed by atoms with Gasteiger partial charge >= 0.3 is 0 Å². The monoisotopic (exact) mass is 309 g/mol. The quantitative estimate of drug-likeness (QED) is 0.852. The Hall–Kier alpha value is -1.22. The highest BCUT2D eigenvalue weighted by molar-refractivity contribution is 6.34. The molecule has 2 rings (SSSR count). The molecule has 0 unspecified atom stereocenters. The fraction of sp³-hybridized carbons (Fsp3) is 0.250. The molecule has 20 heavy (non-hydrogen) atoms. The molecule has 0 fully saturated rings. The molecular formula is C16H17Cl2NO. The summed E-state index contributed by atoms with van der Waals surface area (Å²) in [5, 5.41) is 4.77. The molecule has 2 nitrogen and oxygen atoms in total. The lowest BCUT2D eigenvalue weighted by Gasteiger charge is -2.15. The van der Waals surface area contributed by atoms with Gasteiger partial charge in [0.15, 0.2) is 0 Å². The molecule has 0 aliphatic carbocycles. The van der Waals surface area contributed by atoms with Gasteiger partial charge in [-0.1, -0.05) is 35.3 Å². The maximum atomic E-state index is 5.99. The van der Waals surface area contributed by atoms with E-state index in [-0.39, 0.29) is 6.04 Å². The summed E-state index contributed by atoms with van der Waals surface area (Å²) < 4.78 is 5.15. The Kier molecular flexibility index (Phi) is 5.30. The van der Waals surface area contributed by atoms with E-state index in [0.717, 1.165) is 11.3 Å². The Balaban J connectivity index is 1.98. The van der Waals surface area contributed by atoms with Gasteiger partial charge in [-0.25, -0.2) is 0 Å². The lowest BCUT2D eigenvalue weighted by atomic mass is 10.1. The highest BCUT2D eigenvalue weighted by Gasteiger charge is 2.06. The standard InChI is InChI=1S/C16H17Cl2NO/c1-11(13-3-5-16(20-2)6-4-13)19-10-12-7-14(17)9-15(18)8-12/h3-9,11,19H,10H2,1-2H3/t11-/m1/s1. The van der Waals surface area contributed by atoms with Gasteiger partial charge in [-0.15, -0.1) is 0 Å². The van der Waals surface area contributed by atoms with Crippen molar-refractivity contribution in [2.75, 3.05) is 7.11 Å². The average Bonchev–Trinajstić information content (AvgIpc) is 2.44. The van der Waals surface area contributed by atoms with Crippen LogP contribution in [0.5, 0.6) is 5.75 Å². The second-order valence-corrected chi connectivity index (χ2v) is 5.53. The van der Waals surface area contributed by atoms with Gasteiger partial charge < -0.3 is 10.1 Å². The fourth-order valence-corrected chi connectivity index (χ4v) is 2.57. The number of nitrogens with one attached hydrogen (secondary N) is 1. The average molecular weight is 310 g/mol. The largest absolute Gasteiger partial charge is 0.497 e. The van der Waals surface area contributed by atoms with Gasteiger partial charge in [0.25, 0.3) is 0 Å². The van der Waals surface area contributed by atoms with Crippen LogP contribution in [0.1, 0.15) is 24.1 Å². The Morgan fingerprint density at radius 1 is 1.05 bits per heavy atom. The van der Waals surface area contributed by atoms with Crippen molar-refractivity contribution < 1.29 is 4.74 Å². The summed E-state index contributed by atoms with van der Waals surface area (Å²) in [6, 6.07) is 13.8. The number of ether oxygens (including phenoxy) is 1. The maximum Gasteiger partial charge on any atom is 0.118 e. The molecule has 2 aromatic carbocycles. The van der Waals surface area contributed by atoms with Crippen molar-refractivity contribution in [3.8, 4) is 5.75 Å². The van der Waals surface area contributed by atoms with Crippen LogP contribution in [0, 0.1) is 0 Å². The number of methoxy groups -OCH3 is 1. The first-order chi connectivity index (χ1) is 9.58. The summed E-state index contributed by atoms with van der Waals surface area (Å²) in [6.07, 6.45) is 0. The molecule has 106 valence electrons. The van der Waals surface area contributed by atoms with Crippen LogP contribution in [0.4, 0.5) is 0 Å². The van der Waals surface area contributed by atoms with E-state index in [1.165, 1.54) is 5.56 Å². The predicted octanol–water partition coefficient (Wildman–Crippen LogP) is 4.85. The van der Waals surface area contributed by atoms with E-state index in [1.807, 2.05) is 24.3 Å². The lowest BCUT2D eigenvalue weighted by molar-refractivity contribution is 0.414. The molecule has 0 spiro atoms. The van der Waals surface area contributed by atoms with Crippen molar-refractivity contribution in [2.24, 2.45) is 0 Å². The van der Waals surface area contributed by atoms with Crippen molar-refractivity contribution in [3.63, 3.8) is 0 Å². The summed E-state index contributed by atoms with van der Waals surface area (Å²) in [4.78, 5) is 0. The van der Waals surface area contributed by atoms with Crippen LogP contribution >= 0.6 is 23.2 Å². The molecule has 1 N–H and O–H groups in total. The Labute approximate surface area is 129 Å². The molecule has 1 atom stereocenters. The molecule has 0 saturated carbocycles. The molecular weight excluding hydrogens is 293 g/mol. The molecule has 4 heteroatoms. The first kappa shape index (κ1) is 15.2. The van der Waals surface area contributed by atoms with Crippen LogP contribution in [-0.2, 0) is 6.54 Å². The summed E-state index contributed by atoms with van der Waals surface area (Å²) in [5.41, 5.74) is 2.28. The van der Waals surface area contributed by atoms with Gasteiger partial charge in [0.05, 0.1) is 7.11 Å². The summed E-state index contributed by atoms with van der Waals surface area (Å²) in [6.45, 7) is 2.83. The minimum atomic E-state index is 0.235. The Morgan fingerprint density at radius 2 is 1.65 bits per heavy atom. The zero-order valence-electron chi connectivity index (χ0n) is 11.5. The third-order valence-electron chi connectivity index (χ3n) is 3.15. The Morgan fingerprint density at radius 3 is 2.20 bits per heavy atom. The molecule has 2 aromatic rings. The third-order valence-corrected chi connectivity index (χ3v) is 3.59. The van der Waals surface area contributed by atoms with Crippen molar-refractivity contribution in [3.05, 3.63) is 63.6 Å². The number of rotatable bonds is 5. The van der Waals surface area contributed by atoms with Crippen LogP contribution in [0.15, 0.2) is 42.5 Å². The van der Waals surface area contributed by atoms with E-state index in [2.05, 4.69) is 24.4 Å². The van der Waals surface area contributed by atoms with Gasteiger partial charge in [-0.3, -0.25) is 0 Å². The Bertz CT molecular complexity index is 549. The third kappa shape index (κ3) is 4.14. The smallest absolute Gasteiger partial charge is 0.118 e. The normalized spacial score (nSPS) is 12.2. The SMILES string of the molecule is COc1ccc([C@@H](C)NCc2cc(Cl)cc(Cl)c2)cc1. The van der Waals surface area contributed by atoms with E-state index >= 15 is 0 Å². The number of hydrogen-bond donors (Lipinski definition) is 1. The van der Waals surface area contributed by atoms with Gasteiger partial charge in [0.1, 0.15) is 5.75 Å². The van der Waals surface area contributed by atoms with Gasteiger partial charge in [0.2, 0.25) is 0 Å². The topological polar surface area (TPSA) is 21.3 Å². The molecule has 0 amide bonds. The van der Waals surface area contributed by atoms with Gasteiger partial charge in [-0.05, 0) is 48.4 Å². The van der Waals surface area contributed by atoms with Crippen LogP contribution in [0.2, 0.25) is 10.0 Å². The maximum absolute atomic E-state index is 5.99. The number of halogens is 2. The van der Waals surface area contributed by atoms with Gasteiger partial charge in [-0.2, -0.15) is 0 Å². The molecule has 0 saturated heterocycles. The van der Waals surface area contributed by atoms with Crippen LogP contribution in [-0.4, -0.2) is 7.11 Å². The first-order valence-corrected chi connectivity index (χ1v) is 7.16. The molecule has 0 aromatic heterocycles. The zero-order valence-corrected chi connectivity index (χ0v) is 13.0. The molecule has 0 radical (unpaired) electrons. The summed E-state index contributed by atoms with van der Waals surface area (Å²) in [5.74, 6) is 0.863.